The lowest BCUT2D eigenvalue weighted by Gasteiger charge is -2.25. The fourth-order valence-electron chi connectivity index (χ4n) is 4.13. The standard InChI is InChI=1S/C29H30FN3O5/c1-4-18(2)31-28(35)25-26(38-29(36)33(25)17-19-5-11-22(30)12-6-19)20-7-13-23(14-8-20)32-27(34)21-9-15-24(37-3)16-10-21/h5-16,18,25-26H,4,17H2,1-3H3,(H,31,35)(H,32,34)/t18-,25+,26+/m0/s1. The van der Waals surface area contributed by atoms with Crippen molar-refractivity contribution in [3.63, 3.8) is 0 Å². The third kappa shape index (κ3) is 6.11. The molecule has 4 rings (SSSR count). The Bertz CT molecular complexity index is 1280. The number of methoxy groups -OCH3 is 1. The third-order valence-electron chi connectivity index (χ3n) is 6.47. The van der Waals surface area contributed by atoms with Gasteiger partial charge in [0.25, 0.3) is 5.91 Å². The molecule has 0 unspecified atom stereocenters. The van der Waals surface area contributed by atoms with E-state index in [2.05, 4.69) is 10.6 Å². The van der Waals surface area contributed by atoms with E-state index in [9.17, 15) is 18.8 Å². The smallest absolute Gasteiger partial charge is 0.411 e. The van der Waals surface area contributed by atoms with Gasteiger partial charge in [-0.05, 0) is 73.0 Å². The molecule has 0 saturated carbocycles. The van der Waals surface area contributed by atoms with Gasteiger partial charge in [0.15, 0.2) is 12.1 Å². The summed E-state index contributed by atoms with van der Waals surface area (Å²) in [4.78, 5) is 40.2. The van der Waals surface area contributed by atoms with Gasteiger partial charge < -0.3 is 20.1 Å². The predicted molar refractivity (Wildman–Crippen MR) is 140 cm³/mol. The van der Waals surface area contributed by atoms with Crippen molar-refractivity contribution in [1.29, 1.82) is 0 Å². The molecule has 3 aromatic carbocycles. The van der Waals surface area contributed by atoms with Gasteiger partial charge in [0, 0.05) is 17.3 Å². The van der Waals surface area contributed by atoms with Crippen molar-refractivity contribution in [1.82, 2.24) is 10.2 Å². The first-order chi connectivity index (χ1) is 18.3. The van der Waals surface area contributed by atoms with Crippen LogP contribution in [0.4, 0.5) is 14.9 Å². The van der Waals surface area contributed by atoms with Gasteiger partial charge >= 0.3 is 6.09 Å². The first-order valence-corrected chi connectivity index (χ1v) is 12.4. The van der Waals surface area contributed by atoms with Crippen LogP contribution in [0.3, 0.4) is 0 Å². The fourth-order valence-corrected chi connectivity index (χ4v) is 4.13. The molecule has 0 bridgehead atoms. The number of hydrogen-bond donors (Lipinski definition) is 2. The SMILES string of the molecule is CC[C@H](C)NC(=O)[C@H]1[C@@H](c2ccc(NC(=O)c3ccc(OC)cc3)cc2)OC(=O)N1Cc1ccc(F)cc1. The maximum Gasteiger partial charge on any atom is 0.411 e. The Kier molecular flexibility index (Phi) is 8.25. The van der Waals surface area contributed by atoms with Gasteiger partial charge in [-0.25, -0.2) is 9.18 Å². The monoisotopic (exact) mass is 519 g/mol. The minimum atomic E-state index is -0.929. The third-order valence-corrected chi connectivity index (χ3v) is 6.47. The molecule has 198 valence electrons. The van der Waals surface area contributed by atoms with Crippen molar-refractivity contribution in [2.45, 2.75) is 45.0 Å². The van der Waals surface area contributed by atoms with Crippen molar-refractivity contribution < 1.29 is 28.2 Å². The van der Waals surface area contributed by atoms with Gasteiger partial charge in [-0.1, -0.05) is 31.2 Å². The molecule has 3 atom stereocenters. The number of ether oxygens (including phenoxy) is 2. The number of rotatable bonds is 9. The Morgan fingerprint density at radius 3 is 2.29 bits per heavy atom. The van der Waals surface area contributed by atoms with Crippen LogP contribution in [0.1, 0.15) is 47.9 Å². The quantitative estimate of drug-likeness (QED) is 0.412. The molecule has 1 aliphatic rings. The van der Waals surface area contributed by atoms with E-state index in [1.54, 1.807) is 67.8 Å². The largest absolute Gasteiger partial charge is 0.497 e. The lowest BCUT2D eigenvalue weighted by Crippen LogP contribution is -2.48. The van der Waals surface area contributed by atoms with Gasteiger partial charge in [0.1, 0.15) is 11.6 Å². The summed E-state index contributed by atoms with van der Waals surface area (Å²) in [5, 5.41) is 5.77. The molecule has 8 nitrogen and oxygen atoms in total. The highest BCUT2D eigenvalue weighted by Gasteiger charge is 2.47. The first kappa shape index (κ1) is 26.7. The zero-order valence-electron chi connectivity index (χ0n) is 21.4. The van der Waals surface area contributed by atoms with Crippen LogP contribution in [0, 0.1) is 5.82 Å². The minimum Gasteiger partial charge on any atom is -0.497 e. The molecule has 0 spiro atoms. The zero-order valence-corrected chi connectivity index (χ0v) is 21.4. The van der Waals surface area contributed by atoms with Gasteiger partial charge in [-0.3, -0.25) is 14.5 Å². The molecule has 3 aromatic rings. The van der Waals surface area contributed by atoms with Crippen LogP contribution >= 0.6 is 0 Å². The lowest BCUT2D eigenvalue weighted by molar-refractivity contribution is -0.127. The van der Waals surface area contributed by atoms with Crippen LogP contribution in [-0.4, -0.2) is 42.0 Å². The molecule has 0 aliphatic carbocycles. The van der Waals surface area contributed by atoms with E-state index in [0.29, 0.717) is 28.1 Å². The first-order valence-electron chi connectivity index (χ1n) is 12.4. The van der Waals surface area contributed by atoms with Crippen LogP contribution in [0.15, 0.2) is 72.8 Å². The maximum absolute atomic E-state index is 13.4. The second-order valence-corrected chi connectivity index (χ2v) is 9.13. The second kappa shape index (κ2) is 11.8. The molecule has 9 heteroatoms. The Hall–Kier alpha value is -4.40. The van der Waals surface area contributed by atoms with E-state index >= 15 is 0 Å². The highest BCUT2D eigenvalue weighted by molar-refractivity contribution is 6.04. The summed E-state index contributed by atoms with van der Waals surface area (Å²) in [6.45, 7) is 3.92. The van der Waals surface area contributed by atoms with Crippen molar-refractivity contribution in [3.8, 4) is 5.75 Å². The molecular formula is C29H30FN3O5. The van der Waals surface area contributed by atoms with Gasteiger partial charge in [-0.2, -0.15) is 0 Å². The Morgan fingerprint density at radius 1 is 1.03 bits per heavy atom. The van der Waals surface area contributed by atoms with E-state index in [4.69, 9.17) is 9.47 Å². The number of carbonyl (C=O) groups excluding carboxylic acids is 3. The number of amides is 3. The van der Waals surface area contributed by atoms with Gasteiger partial charge in [0.2, 0.25) is 5.91 Å². The number of nitrogens with one attached hydrogen (secondary N) is 2. The number of hydrogen-bond acceptors (Lipinski definition) is 5. The fraction of sp³-hybridized carbons (Fsp3) is 0.276. The summed E-state index contributed by atoms with van der Waals surface area (Å²) in [7, 11) is 1.55. The van der Waals surface area contributed by atoms with Crippen molar-refractivity contribution in [2.75, 3.05) is 12.4 Å². The second-order valence-electron chi connectivity index (χ2n) is 9.13. The Morgan fingerprint density at radius 2 is 1.68 bits per heavy atom. The van der Waals surface area contributed by atoms with E-state index < -0.39 is 18.2 Å². The van der Waals surface area contributed by atoms with Crippen molar-refractivity contribution in [2.24, 2.45) is 0 Å². The van der Waals surface area contributed by atoms with Gasteiger partial charge in [0.05, 0.1) is 13.7 Å². The predicted octanol–water partition coefficient (Wildman–Crippen LogP) is 5.06. The number of nitrogens with zero attached hydrogens (tertiary/aromatic N) is 1. The molecule has 1 heterocycles. The van der Waals surface area contributed by atoms with Gasteiger partial charge in [-0.15, -0.1) is 0 Å². The highest BCUT2D eigenvalue weighted by atomic mass is 19.1. The van der Waals surface area contributed by atoms with Crippen LogP contribution < -0.4 is 15.4 Å². The number of anilines is 1. The van der Waals surface area contributed by atoms with Crippen molar-refractivity contribution >= 4 is 23.6 Å². The Labute approximate surface area is 220 Å². The van der Waals surface area contributed by atoms with Crippen LogP contribution in [-0.2, 0) is 16.1 Å². The summed E-state index contributed by atoms with van der Waals surface area (Å²) in [5.41, 5.74) is 2.29. The van der Waals surface area contributed by atoms with Crippen LogP contribution in [0.25, 0.3) is 0 Å². The Balaban J connectivity index is 1.53. The topological polar surface area (TPSA) is 97.0 Å². The molecule has 1 saturated heterocycles. The number of halogens is 1. The zero-order chi connectivity index (χ0) is 27.2. The maximum atomic E-state index is 13.4. The summed E-state index contributed by atoms with van der Waals surface area (Å²) in [6, 6.07) is 18.3. The van der Waals surface area contributed by atoms with Crippen LogP contribution in [0.2, 0.25) is 0 Å². The summed E-state index contributed by atoms with van der Waals surface area (Å²) in [6.07, 6.45) is -0.780. The lowest BCUT2D eigenvalue weighted by atomic mass is 10.00. The average Bonchev–Trinajstić information content (AvgIpc) is 3.25. The molecule has 38 heavy (non-hydrogen) atoms. The molecule has 1 fully saturated rings. The molecular weight excluding hydrogens is 489 g/mol. The van der Waals surface area contributed by atoms with E-state index in [1.807, 2.05) is 13.8 Å². The summed E-state index contributed by atoms with van der Waals surface area (Å²) < 4.78 is 24.2. The molecule has 1 aliphatic heterocycles. The van der Waals surface area contributed by atoms with E-state index in [0.717, 1.165) is 6.42 Å². The number of benzene rings is 3. The number of cyclic esters (lactones) is 1. The molecule has 0 aromatic heterocycles. The summed E-state index contributed by atoms with van der Waals surface area (Å²) >= 11 is 0. The molecule has 0 radical (unpaired) electrons. The normalized spacial score (nSPS) is 17.5. The average molecular weight is 520 g/mol. The number of carbonyl (C=O) groups is 3. The minimum absolute atomic E-state index is 0.0875. The van der Waals surface area contributed by atoms with E-state index in [1.165, 1.54) is 17.0 Å². The van der Waals surface area contributed by atoms with Crippen LogP contribution in [0.5, 0.6) is 5.75 Å². The molecule has 3 amide bonds. The molecule has 2 N–H and O–H groups in total. The summed E-state index contributed by atoms with van der Waals surface area (Å²) in [5.74, 6) is -0.364. The van der Waals surface area contributed by atoms with E-state index in [-0.39, 0.29) is 30.2 Å². The van der Waals surface area contributed by atoms with Crippen molar-refractivity contribution in [3.05, 3.63) is 95.3 Å². The highest BCUT2D eigenvalue weighted by Crippen LogP contribution is 2.34.